The molecule has 3 rings (SSSR count). The molecule has 0 saturated carbocycles. The van der Waals surface area contributed by atoms with Gasteiger partial charge in [0.1, 0.15) is 5.75 Å². The van der Waals surface area contributed by atoms with Crippen LogP contribution in [0.2, 0.25) is 0 Å². The van der Waals surface area contributed by atoms with Gasteiger partial charge in [0.25, 0.3) is 0 Å². The Morgan fingerprint density at radius 3 is 2.71 bits per heavy atom. The van der Waals surface area contributed by atoms with Crippen LogP contribution < -0.4 is 5.32 Å². The van der Waals surface area contributed by atoms with Gasteiger partial charge in [-0.05, 0) is 43.1 Å². The molecule has 3 nitrogen and oxygen atoms in total. The number of hydrogen-bond acceptors (Lipinski definition) is 3. The highest BCUT2D eigenvalue weighted by Crippen LogP contribution is 2.30. The molecule has 2 heterocycles. The first-order valence-corrected chi connectivity index (χ1v) is 6.92. The van der Waals surface area contributed by atoms with Crippen molar-refractivity contribution in [3.8, 4) is 5.75 Å². The summed E-state index contributed by atoms with van der Waals surface area (Å²) in [5.74, 6) is 2.02. The molecule has 1 aromatic rings. The highest BCUT2D eigenvalue weighted by Gasteiger charge is 2.35. The SMILES string of the molecule is Oc1ccc(Br)cc1CN1CC2CNCC2C1. The average molecular weight is 297 g/mol. The fraction of sp³-hybridized carbons (Fsp3) is 0.538. The maximum Gasteiger partial charge on any atom is 0.120 e. The molecule has 0 aromatic heterocycles. The summed E-state index contributed by atoms with van der Waals surface area (Å²) < 4.78 is 1.03. The van der Waals surface area contributed by atoms with Crippen LogP contribution >= 0.6 is 15.9 Å². The van der Waals surface area contributed by atoms with Crippen LogP contribution in [0, 0.1) is 11.8 Å². The number of likely N-dealkylation sites (tertiary alicyclic amines) is 1. The second-order valence-corrected chi connectivity index (χ2v) is 6.06. The number of hydrogen-bond donors (Lipinski definition) is 2. The molecule has 2 N–H and O–H groups in total. The van der Waals surface area contributed by atoms with Crippen LogP contribution in [0.3, 0.4) is 0 Å². The van der Waals surface area contributed by atoms with Crippen molar-refractivity contribution < 1.29 is 5.11 Å². The summed E-state index contributed by atoms with van der Waals surface area (Å²) in [5, 5.41) is 13.3. The van der Waals surface area contributed by atoms with Crippen LogP contribution in [-0.2, 0) is 6.54 Å². The zero-order chi connectivity index (χ0) is 11.8. The first kappa shape index (κ1) is 11.5. The minimum atomic E-state index is 0.406. The van der Waals surface area contributed by atoms with Crippen molar-refractivity contribution >= 4 is 15.9 Å². The molecule has 17 heavy (non-hydrogen) atoms. The van der Waals surface area contributed by atoms with Gasteiger partial charge in [0.15, 0.2) is 0 Å². The van der Waals surface area contributed by atoms with Gasteiger partial charge in [-0.3, -0.25) is 4.90 Å². The fourth-order valence-corrected chi connectivity index (χ4v) is 3.41. The van der Waals surface area contributed by atoms with Gasteiger partial charge in [-0.15, -0.1) is 0 Å². The molecule has 2 fully saturated rings. The van der Waals surface area contributed by atoms with Crippen LogP contribution in [0.25, 0.3) is 0 Å². The van der Waals surface area contributed by atoms with Gasteiger partial charge in [0.2, 0.25) is 0 Å². The summed E-state index contributed by atoms with van der Waals surface area (Å²) in [4.78, 5) is 2.46. The zero-order valence-electron chi connectivity index (χ0n) is 9.69. The van der Waals surface area contributed by atoms with Gasteiger partial charge in [0.05, 0.1) is 0 Å². The molecule has 2 saturated heterocycles. The molecule has 0 amide bonds. The lowest BCUT2D eigenvalue weighted by molar-refractivity contribution is 0.300. The summed E-state index contributed by atoms with van der Waals surface area (Å²) in [7, 11) is 0. The lowest BCUT2D eigenvalue weighted by Crippen LogP contribution is -2.25. The third-order valence-electron chi connectivity index (χ3n) is 3.90. The molecule has 2 unspecified atom stereocenters. The summed E-state index contributed by atoms with van der Waals surface area (Å²) in [6.07, 6.45) is 0. The Kier molecular flexibility index (Phi) is 3.11. The van der Waals surface area contributed by atoms with Gasteiger partial charge in [-0.25, -0.2) is 0 Å². The van der Waals surface area contributed by atoms with E-state index < -0.39 is 0 Å². The third-order valence-corrected chi connectivity index (χ3v) is 4.39. The van der Waals surface area contributed by atoms with Gasteiger partial charge in [0, 0.05) is 29.7 Å². The number of nitrogens with zero attached hydrogens (tertiary/aromatic N) is 1. The fourth-order valence-electron chi connectivity index (χ4n) is 3.00. The van der Waals surface area contributed by atoms with E-state index in [4.69, 9.17) is 0 Å². The molecular formula is C13H17BrN2O. The van der Waals surface area contributed by atoms with Gasteiger partial charge in [-0.1, -0.05) is 15.9 Å². The summed E-state index contributed by atoms with van der Waals surface area (Å²) in [6, 6.07) is 5.65. The Morgan fingerprint density at radius 2 is 2.00 bits per heavy atom. The normalized spacial score (nSPS) is 28.5. The number of halogens is 1. The van der Waals surface area contributed by atoms with Crippen LogP contribution in [0.1, 0.15) is 5.56 Å². The number of phenolic OH excluding ortho intramolecular Hbond substituents is 1. The van der Waals surface area contributed by atoms with Crippen LogP contribution in [-0.4, -0.2) is 36.2 Å². The molecule has 92 valence electrons. The van der Waals surface area contributed by atoms with Gasteiger partial charge >= 0.3 is 0 Å². The van der Waals surface area contributed by atoms with Crippen molar-refractivity contribution in [1.29, 1.82) is 0 Å². The second-order valence-electron chi connectivity index (χ2n) is 5.15. The average Bonchev–Trinajstić information content (AvgIpc) is 2.83. The maximum atomic E-state index is 9.84. The van der Waals surface area contributed by atoms with Crippen LogP contribution in [0.15, 0.2) is 22.7 Å². The van der Waals surface area contributed by atoms with E-state index in [1.54, 1.807) is 6.07 Å². The van der Waals surface area contributed by atoms with Crippen molar-refractivity contribution in [2.75, 3.05) is 26.2 Å². The second kappa shape index (κ2) is 4.59. The lowest BCUT2D eigenvalue weighted by atomic mass is 10.0. The number of nitrogens with one attached hydrogen (secondary N) is 1. The predicted molar refractivity (Wildman–Crippen MR) is 70.9 cm³/mol. The molecule has 0 spiro atoms. The number of phenols is 1. The van der Waals surface area contributed by atoms with E-state index in [2.05, 4.69) is 26.1 Å². The Morgan fingerprint density at radius 1 is 1.29 bits per heavy atom. The van der Waals surface area contributed by atoms with E-state index >= 15 is 0 Å². The Labute approximate surface area is 110 Å². The number of aromatic hydroxyl groups is 1. The van der Waals surface area contributed by atoms with Crippen molar-refractivity contribution in [2.45, 2.75) is 6.54 Å². The number of fused-ring (bicyclic) bond motifs is 1. The smallest absolute Gasteiger partial charge is 0.120 e. The monoisotopic (exact) mass is 296 g/mol. The first-order valence-electron chi connectivity index (χ1n) is 6.13. The number of rotatable bonds is 2. The molecule has 0 aliphatic carbocycles. The van der Waals surface area contributed by atoms with Crippen LogP contribution in [0.4, 0.5) is 0 Å². The maximum absolute atomic E-state index is 9.84. The van der Waals surface area contributed by atoms with Gasteiger partial charge < -0.3 is 10.4 Å². The van der Waals surface area contributed by atoms with Gasteiger partial charge in [-0.2, -0.15) is 0 Å². The Bertz CT molecular complexity index is 412. The zero-order valence-corrected chi connectivity index (χ0v) is 11.3. The summed E-state index contributed by atoms with van der Waals surface area (Å²) in [5.41, 5.74) is 1.02. The van der Waals surface area contributed by atoms with E-state index in [1.807, 2.05) is 12.1 Å². The van der Waals surface area contributed by atoms with Crippen molar-refractivity contribution in [3.05, 3.63) is 28.2 Å². The first-order chi connectivity index (χ1) is 8.22. The standard InChI is InChI=1S/C13H17BrN2O/c14-12-1-2-13(17)9(3-12)6-16-7-10-4-15-5-11(10)8-16/h1-3,10-11,15,17H,4-8H2. The van der Waals surface area contributed by atoms with Crippen molar-refractivity contribution in [1.82, 2.24) is 10.2 Å². The molecule has 2 aliphatic rings. The highest BCUT2D eigenvalue weighted by atomic mass is 79.9. The van der Waals surface area contributed by atoms with E-state index in [9.17, 15) is 5.11 Å². The Hall–Kier alpha value is -0.580. The topological polar surface area (TPSA) is 35.5 Å². The van der Waals surface area contributed by atoms with Crippen molar-refractivity contribution in [2.24, 2.45) is 11.8 Å². The molecule has 0 bridgehead atoms. The van der Waals surface area contributed by atoms with E-state index in [1.165, 1.54) is 0 Å². The van der Waals surface area contributed by atoms with Crippen LogP contribution in [0.5, 0.6) is 5.75 Å². The molecule has 1 aromatic carbocycles. The highest BCUT2D eigenvalue weighted by molar-refractivity contribution is 9.10. The lowest BCUT2D eigenvalue weighted by Gasteiger charge is -2.17. The minimum absolute atomic E-state index is 0.406. The summed E-state index contributed by atoms with van der Waals surface area (Å²) >= 11 is 3.45. The molecule has 4 heteroatoms. The largest absolute Gasteiger partial charge is 0.508 e. The van der Waals surface area contributed by atoms with E-state index in [0.29, 0.717) is 5.75 Å². The predicted octanol–water partition coefficient (Wildman–Crippen LogP) is 1.81. The molecule has 2 aliphatic heterocycles. The quantitative estimate of drug-likeness (QED) is 0.874. The van der Waals surface area contributed by atoms with E-state index in [0.717, 1.165) is 54.6 Å². The van der Waals surface area contributed by atoms with E-state index in [-0.39, 0.29) is 0 Å². The Balaban J connectivity index is 1.69. The molecular weight excluding hydrogens is 280 g/mol. The molecule has 0 radical (unpaired) electrons. The molecule has 2 atom stereocenters. The van der Waals surface area contributed by atoms with Crippen molar-refractivity contribution in [3.63, 3.8) is 0 Å². The third kappa shape index (κ3) is 2.34. The minimum Gasteiger partial charge on any atom is -0.508 e. The number of benzene rings is 1. The summed E-state index contributed by atoms with van der Waals surface area (Å²) in [6.45, 7) is 5.49.